The number of carbonyl (C=O) groups is 1. The normalized spacial score (nSPS) is 11.6. The highest BCUT2D eigenvalue weighted by atomic mass is 32.1. The number of benzene rings is 1. The fourth-order valence-electron chi connectivity index (χ4n) is 3.21. The van der Waals surface area contributed by atoms with Gasteiger partial charge >= 0.3 is 6.18 Å². The van der Waals surface area contributed by atoms with Gasteiger partial charge in [0.05, 0.1) is 28.7 Å². The highest BCUT2D eigenvalue weighted by Crippen LogP contribution is 2.32. The molecule has 0 spiro atoms. The third kappa shape index (κ3) is 4.19. The summed E-state index contributed by atoms with van der Waals surface area (Å²) in [6.07, 6.45) is 0.336. The largest absolute Gasteiger partial charge is 0.416 e. The lowest BCUT2D eigenvalue weighted by molar-refractivity contribution is -0.137. The zero-order valence-electron chi connectivity index (χ0n) is 16.2. The minimum atomic E-state index is -4.40. The van der Waals surface area contributed by atoms with E-state index in [0.29, 0.717) is 38.9 Å². The average Bonchev–Trinajstić information content (AvgIpc) is 3.34. The van der Waals surface area contributed by atoms with Crippen molar-refractivity contribution in [2.75, 3.05) is 0 Å². The first-order valence-corrected chi connectivity index (χ1v) is 10.0. The highest BCUT2D eigenvalue weighted by molar-refractivity contribution is 7.13. The Kier molecular flexibility index (Phi) is 5.32. The van der Waals surface area contributed by atoms with Gasteiger partial charge in [0.25, 0.3) is 5.91 Å². The first kappa shape index (κ1) is 20.7. The highest BCUT2D eigenvalue weighted by Gasteiger charge is 2.30. The van der Waals surface area contributed by atoms with Crippen LogP contribution in [0.1, 0.15) is 27.2 Å². The summed E-state index contributed by atoms with van der Waals surface area (Å²) in [5.41, 5.74) is 8.25. The zero-order chi connectivity index (χ0) is 22.2. The molecular weight excluding hydrogens is 427 g/mol. The molecule has 1 amide bonds. The maximum atomic E-state index is 12.9. The molecule has 0 radical (unpaired) electrons. The number of nitrogens with two attached hydrogens (primary N) is 1. The molecule has 0 fully saturated rings. The number of alkyl halides is 3. The second-order valence-electron chi connectivity index (χ2n) is 6.80. The van der Waals surface area contributed by atoms with E-state index in [1.807, 2.05) is 9.95 Å². The Hall–Kier alpha value is -3.53. The van der Waals surface area contributed by atoms with E-state index in [9.17, 15) is 18.0 Å². The molecular formula is C21H16F3N5OS. The molecule has 3 heterocycles. The Morgan fingerprint density at radius 1 is 1.16 bits per heavy atom. The fraction of sp³-hybridized carbons (Fsp3) is 0.143. The molecule has 0 aliphatic rings. The predicted molar refractivity (Wildman–Crippen MR) is 110 cm³/mol. The smallest absolute Gasteiger partial charge is 0.366 e. The first-order chi connectivity index (χ1) is 14.7. The van der Waals surface area contributed by atoms with E-state index in [-0.39, 0.29) is 6.54 Å². The van der Waals surface area contributed by atoms with Crippen LogP contribution in [0.25, 0.3) is 22.1 Å². The van der Waals surface area contributed by atoms with E-state index < -0.39 is 17.6 Å². The van der Waals surface area contributed by atoms with E-state index in [1.165, 1.54) is 23.5 Å². The van der Waals surface area contributed by atoms with Crippen molar-refractivity contribution in [3.05, 3.63) is 76.7 Å². The number of primary amides is 1. The lowest BCUT2D eigenvalue weighted by Crippen LogP contribution is -2.13. The molecule has 0 bridgehead atoms. The molecule has 0 aliphatic heterocycles. The first-order valence-electron chi connectivity index (χ1n) is 9.12. The Balaban J connectivity index is 1.73. The summed E-state index contributed by atoms with van der Waals surface area (Å²) < 4.78 is 40.4. The van der Waals surface area contributed by atoms with Crippen molar-refractivity contribution >= 4 is 17.2 Å². The van der Waals surface area contributed by atoms with Crippen LogP contribution in [0.2, 0.25) is 0 Å². The molecule has 6 nitrogen and oxygen atoms in total. The summed E-state index contributed by atoms with van der Waals surface area (Å²) in [6.45, 7) is 1.99. The van der Waals surface area contributed by atoms with Crippen molar-refractivity contribution in [1.82, 2.24) is 19.5 Å². The van der Waals surface area contributed by atoms with Crippen LogP contribution in [0.5, 0.6) is 0 Å². The summed E-state index contributed by atoms with van der Waals surface area (Å²) in [6, 6.07) is 6.57. The van der Waals surface area contributed by atoms with Gasteiger partial charge in [-0.1, -0.05) is 12.1 Å². The van der Waals surface area contributed by atoms with Gasteiger partial charge in [0, 0.05) is 30.0 Å². The fourth-order valence-corrected chi connectivity index (χ4v) is 3.98. The Morgan fingerprint density at radius 2 is 1.90 bits per heavy atom. The molecule has 158 valence electrons. The van der Waals surface area contributed by atoms with Gasteiger partial charge in [-0.25, -0.2) is 4.98 Å². The second-order valence-corrected chi connectivity index (χ2v) is 7.66. The van der Waals surface area contributed by atoms with E-state index in [2.05, 4.69) is 15.0 Å². The van der Waals surface area contributed by atoms with Gasteiger partial charge in [0.15, 0.2) is 0 Å². The monoisotopic (exact) mass is 443 g/mol. The molecule has 3 aromatic heterocycles. The van der Waals surface area contributed by atoms with Crippen LogP contribution in [0, 0.1) is 6.92 Å². The molecule has 0 aliphatic carbocycles. The van der Waals surface area contributed by atoms with Crippen molar-refractivity contribution in [3.8, 4) is 22.1 Å². The van der Waals surface area contributed by atoms with E-state index >= 15 is 0 Å². The minimum Gasteiger partial charge on any atom is -0.366 e. The lowest BCUT2D eigenvalue weighted by atomic mass is 10.1. The molecule has 0 unspecified atom stereocenters. The molecule has 0 atom stereocenters. The summed E-state index contributed by atoms with van der Waals surface area (Å²) in [5, 5.41) is 2.48. The number of hydrogen-bond acceptors (Lipinski definition) is 5. The van der Waals surface area contributed by atoms with Crippen LogP contribution >= 0.6 is 11.3 Å². The third-order valence-corrected chi connectivity index (χ3v) is 5.67. The summed E-state index contributed by atoms with van der Waals surface area (Å²) in [4.78, 5) is 24.8. The van der Waals surface area contributed by atoms with Crippen LogP contribution in [-0.4, -0.2) is 25.4 Å². The number of halogens is 3. The number of rotatable bonds is 5. The minimum absolute atomic E-state index is 0.255. The van der Waals surface area contributed by atoms with Crippen LogP contribution in [0.4, 0.5) is 13.2 Å². The summed E-state index contributed by atoms with van der Waals surface area (Å²) in [7, 11) is 0. The molecule has 4 aromatic rings. The zero-order valence-corrected chi connectivity index (χ0v) is 17.0. The third-order valence-electron chi connectivity index (χ3n) is 4.80. The lowest BCUT2D eigenvalue weighted by Gasteiger charge is -2.12. The van der Waals surface area contributed by atoms with E-state index in [0.717, 1.165) is 12.1 Å². The van der Waals surface area contributed by atoms with Gasteiger partial charge < -0.3 is 10.3 Å². The van der Waals surface area contributed by atoms with Gasteiger partial charge in [-0.05, 0) is 30.7 Å². The Bertz CT molecular complexity index is 1230. The molecule has 31 heavy (non-hydrogen) atoms. The summed E-state index contributed by atoms with van der Waals surface area (Å²) >= 11 is 1.37. The Labute approximate surface area is 179 Å². The number of carbonyl (C=O) groups excluding carboxylic acids is 1. The van der Waals surface area contributed by atoms with Crippen molar-refractivity contribution < 1.29 is 18.0 Å². The molecule has 0 saturated heterocycles. The quantitative estimate of drug-likeness (QED) is 0.491. The van der Waals surface area contributed by atoms with Gasteiger partial charge in [-0.2, -0.15) is 13.2 Å². The Morgan fingerprint density at radius 3 is 2.52 bits per heavy atom. The number of nitrogens with zero attached hydrogens (tertiary/aromatic N) is 4. The van der Waals surface area contributed by atoms with Gasteiger partial charge in [-0.15, -0.1) is 11.3 Å². The van der Waals surface area contributed by atoms with Crippen molar-refractivity contribution in [2.45, 2.75) is 19.6 Å². The standard InChI is InChI=1S/C21H16F3N5OS/c1-12-15(19(25)30)8-18(17-11-31-20(28-17)16-9-26-6-7-27-16)29(12)10-13-2-4-14(5-3-13)21(22,23)24/h2-9,11H,10H2,1H3,(H2,25,30). The molecule has 10 heteroatoms. The maximum Gasteiger partial charge on any atom is 0.416 e. The van der Waals surface area contributed by atoms with Crippen molar-refractivity contribution in [3.63, 3.8) is 0 Å². The molecule has 0 saturated carbocycles. The van der Waals surface area contributed by atoms with Gasteiger partial charge in [-0.3, -0.25) is 14.8 Å². The average molecular weight is 443 g/mol. The van der Waals surface area contributed by atoms with E-state index in [4.69, 9.17) is 5.73 Å². The maximum absolute atomic E-state index is 12.9. The van der Waals surface area contributed by atoms with Crippen LogP contribution in [-0.2, 0) is 12.7 Å². The van der Waals surface area contributed by atoms with Crippen LogP contribution < -0.4 is 5.73 Å². The van der Waals surface area contributed by atoms with Crippen LogP contribution in [0.3, 0.4) is 0 Å². The number of hydrogen-bond donors (Lipinski definition) is 1. The van der Waals surface area contributed by atoms with Crippen molar-refractivity contribution in [2.24, 2.45) is 5.73 Å². The van der Waals surface area contributed by atoms with Crippen LogP contribution in [0.15, 0.2) is 54.3 Å². The SMILES string of the molecule is Cc1c(C(N)=O)cc(-c2csc(-c3cnccn3)n2)n1Cc1ccc(C(F)(F)F)cc1. The molecule has 4 rings (SSSR count). The molecule has 2 N–H and O–H groups in total. The van der Waals surface area contributed by atoms with E-state index in [1.54, 1.807) is 31.6 Å². The second kappa shape index (κ2) is 7.95. The van der Waals surface area contributed by atoms with Gasteiger partial charge in [0.1, 0.15) is 10.7 Å². The number of amides is 1. The number of thiazole rings is 1. The predicted octanol–water partition coefficient (Wildman–Crippen LogP) is 4.54. The molecule has 1 aromatic carbocycles. The summed E-state index contributed by atoms with van der Waals surface area (Å²) in [5.74, 6) is -0.589. The van der Waals surface area contributed by atoms with Crippen molar-refractivity contribution in [1.29, 1.82) is 0 Å². The number of aromatic nitrogens is 4. The van der Waals surface area contributed by atoms with Gasteiger partial charge in [0.2, 0.25) is 0 Å². The topological polar surface area (TPSA) is 86.7 Å².